The lowest BCUT2D eigenvalue weighted by Crippen LogP contribution is -2.42. The molecule has 2 aromatic carbocycles. The molecule has 0 saturated carbocycles. The lowest BCUT2D eigenvalue weighted by Gasteiger charge is -2.19. The molecule has 1 amide bonds. The Hall–Kier alpha value is -2.38. The third kappa shape index (κ3) is 5.11. The van der Waals surface area contributed by atoms with Gasteiger partial charge < -0.3 is 11.1 Å². The van der Waals surface area contributed by atoms with Crippen molar-refractivity contribution in [2.24, 2.45) is 5.73 Å². The minimum Gasteiger partial charge on any atom is -0.350 e. The molecule has 150 valence electrons. The molecule has 1 fully saturated rings. The van der Waals surface area contributed by atoms with Gasteiger partial charge in [0.25, 0.3) is 0 Å². The van der Waals surface area contributed by atoms with Gasteiger partial charge in [0.05, 0.1) is 5.56 Å². The summed E-state index contributed by atoms with van der Waals surface area (Å²) in [6, 6.07) is 12.0. The van der Waals surface area contributed by atoms with Gasteiger partial charge in [0.15, 0.2) is 0 Å². The molecule has 7 heteroatoms. The molecule has 28 heavy (non-hydrogen) atoms. The van der Waals surface area contributed by atoms with E-state index in [9.17, 15) is 18.0 Å². The number of halogens is 3. The van der Waals surface area contributed by atoms with Crippen molar-refractivity contribution in [3.63, 3.8) is 0 Å². The molecule has 2 aromatic rings. The van der Waals surface area contributed by atoms with Gasteiger partial charge in [-0.2, -0.15) is 13.2 Å². The van der Waals surface area contributed by atoms with Gasteiger partial charge in [0.2, 0.25) is 5.91 Å². The number of carbonyl (C=O) groups is 1. The van der Waals surface area contributed by atoms with E-state index in [0.717, 1.165) is 41.8 Å². The van der Waals surface area contributed by atoms with E-state index in [-0.39, 0.29) is 11.9 Å². The summed E-state index contributed by atoms with van der Waals surface area (Å²) in [5, 5.41) is 2.98. The molecule has 0 aliphatic carbocycles. The maximum absolute atomic E-state index is 12.6. The number of nitrogens with zero attached hydrogens (tertiary/aromatic N) is 1. The Morgan fingerprint density at radius 2 is 1.82 bits per heavy atom. The average Bonchev–Trinajstić information content (AvgIpc) is 3.08. The number of amides is 1. The van der Waals surface area contributed by atoms with Gasteiger partial charge in [-0.15, -0.1) is 0 Å². The first kappa shape index (κ1) is 20.4. The number of alkyl halides is 3. The Morgan fingerprint density at radius 3 is 2.43 bits per heavy atom. The van der Waals surface area contributed by atoms with Crippen molar-refractivity contribution in [3.8, 4) is 0 Å². The van der Waals surface area contributed by atoms with Gasteiger partial charge in [-0.05, 0) is 36.6 Å². The van der Waals surface area contributed by atoms with Crippen LogP contribution in [0.3, 0.4) is 0 Å². The zero-order valence-electron chi connectivity index (χ0n) is 15.7. The molecule has 4 nitrogen and oxygen atoms in total. The fourth-order valence-corrected chi connectivity index (χ4v) is 3.37. The molecule has 1 saturated heterocycles. The first-order chi connectivity index (χ1) is 13.2. The molecule has 0 radical (unpaired) electrons. The quantitative estimate of drug-likeness (QED) is 0.821. The van der Waals surface area contributed by atoms with Crippen LogP contribution in [0.25, 0.3) is 0 Å². The van der Waals surface area contributed by atoms with Crippen LogP contribution in [0.4, 0.5) is 13.2 Å². The standard InChI is InChI=1S/C21H24F3N3O/c1-14-2-6-16(7-3-14)19(25)20(28)26-18-10-11-27(13-18)12-15-4-8-17(9-5-15)21(22,23)24/h2-9,18-19H,10-13,25H2,1H3,(H,26,28). The molecule has 2 unspecified atom stereocenters. The molecule has 0 bridgehead atoms. The molecule has 3 rings (SSSR count). The minimum atomic E-state index is -4.32. The summed E-state index contributed by atoms with van der Waals surface area (Å²) in [5.74, 6) is -0.217. The topological polar surface area (TPSA) is 58.4 Å². The number of likely N-dealkylation sites (tertiary alicyclic amines) is 1. The van der Waals surface area contributed by atoms with Crippen LogP contribution >= 0.6 is 0 Å². The molecule has 0 spiro atoms. The second-order valence-corrected chi connectivity index (χ2v) is 7.31. The van der Waals surface area contributed by atoms with E-state index in [1.165, 1.54) is 12.1 Å². The summed E-state index contributed by atoms with van der Waals surface area (Å²) in [6.45, 7) is 3.94. The van der Waals surface area contributed by atoms with Crippen molar-refractivity contribution in [2.75, 3.05) is 13.1 Å². The fraction of sp³-hybridized carbons (Fsp3) is 0.381. The molecule has 1 aliphatic rings. The highest BCUT2D eigenvalue weighted by Crippen LogP contribution is 2.29. The number of nitrogens with two attached hydrogens (primary N) is 1. The van der Waals surface area contributed by atoms with Gasteiger partial charge in [-0.1, -0.05) is 42.0 Å². The second kappa shape index (κ2) is 8.32. The molecule has 1 aliphatic heterocycles. The number of nitrogens with one attached hydrogen (secondary N) is 1. The Balaban J connectivity index is 1.51. The number of aryl methyl sites for hydroxylation is 1. The first-order valence-electron chi connectivity index (χ1n) is 9.23. The number of carbonyl (C=O) groups excluding carboxylic acids is 1. The van der Waals surface area contributed by atoms with Gasteiger partial charge in [-0.25, -0.2) is 0 Å². The smallest absolute Gasteiger partial charge is 0.350 e. The van der Waals surface area contributed by atoms with Crippen LogP contribution in [0.5, 0.6) is 0 Å². The zero-order valence-corrected chi connectivity index (χ0v) is 15.7. The van der Waals surface area contributed by atoms with Crippen LogP contribution in [0, 0.1) is 6.92 Å². The van der Waals surface area contributed by atoms with Gasteiger partial charge in [-0.3, -0.25) is 9.69 Å². The lowest BCUT2D eigenvalue weighted by molar-refractivity contribution is -0.137. The number of hydrogen-bond acceptors (Lipinski definition) is 3. The van der Waals surface area contributed by atoms with Crippen molar-refractivity contribution in [1.82, 2.24) is 10.2 Å². The van der Waals surface area contributed by atoms with Crippen LogP contribution in [-0.2, 0) is 17.5 Å². The summed E-state index contributed by atoms with van der Waals surface area (Å²) in [7, 11) is 0. The van der Waals surface area contributed by atoms with Crippen LogP contribution in [-0.4, -0.2) is 29.9 Å². The van der Waals surface area contributed by atoms with Crippen molar-refractivity contribution in [2.45, 2.75) is 38.1 Å². The Bertz CT molecular complexity index is 803. The van der Waals surface area contributed by atoms with Crippen LogP contribution in [0.1, 0.15) is 34.7 Å². The van der Waals surface area contributed by atoms with Crippen molar-refractivity contribution in [3.05, 3.63) is 70.8 Å². The highest BCUT2D eigenvalue weighted by molar-refractivity contribution is 5.83. The van der Waals surface area contributed by atoms with Gasteiger partial charge in [0.1, 0.15) is 6.04 Å². The monoisotopic (exact) mass is 391 g/mol. The van der Waals surface area contributed by atoms with Crippen LogP contribution < -0.4 is 11.1 Å². The van der Waals surface area contributed by atoms with Gasteiger partial charge in [0, 0.05) is 25.7 Å². The minimum absolute atomic E-state index is 0.0153. The summed E-state index contributed by atoms with van der Waals surface area (Å²) in [4.78, 5) is 14.5. The van der Waals surface area contributed by atoms with E-state index >= 15 is 0 Å². The van der Waals surface area contributed by atoms with Crippen molar-refractivity contribution < 1.29 is 18.0 Å². The summed E-state index contributed by atoms with van der Waals surface area (Å²) < 4.78 is 37.9. The average molecular weight is 391 g/mol. The normalized spacial score (nSPS) is 18.8. The van der Waals surface area contributed by atoms with Crippen LogP contribution in [0.2, 0.25) is 0 Å². The summed E-state index contributed by atoms with van der Waals surface area (Å²) >= 11 is 0. The lowest BCUT2D eigenvalue weighted by atomic mass is 10.0. The van der Waals surface area contributed by atoms with Crippen molar-refractivity contribution in [1.29, 1.82) is 0 Å². The molecular weight excluding hydrogens is 367 g/mol. The maximum Gasteiger partial charge on any atom is 0.416 e. The third-order valence-electron chi connectivity index (χ3n) is 5.03. The van der Waals surface area contributed by atoms with Crippen LogP contribution in [0.15, 0.2) is 48.5 Å². The highest BCUT2D eigenvalue weighted by atomic mass is 19.4. The summed E-state index contributed by atoms with van der Waals surface area (Å²) in [5.41, 5.74) is 8.10. The highest BCUT2D eigenvalue weighted by Gasteiger charge is 2.30. The summed E-state index contributed by atoms with van der Waals surface area (Å²) in [6.07, 6.45) is -3.54. The molecular formula is C21H24F3N3O. The Morgan fingerprint density at radius 1 is 1.18 bits per heavy atom. The van der Waals surface area contributed by atoms with E-state index in [0.29, 0.717) is 13.1 Å². The predicted octanol–water partition coefficient (Wildman–Crippen LogP) is 3.40. The molecule has 0 aromatic heterocycles. The van der Waals surface area contributed by atoms with E-state index in [2.05, 4.69) is 10.2 Å². The van der Waals surface area contributed by atoms with Gasteiger partial charge >= 0.3 is 6.18 Å². The number of benzene rings is 2. The zero-order chi connectivity index (χ0) is 20.3. The van der Waals surface area contributed by atoms with E-state index in [4.69, 9.17) is 5.73 Å². The Labute approximate surface area is 162 Å². The molecule has 2 atom stereocenters. The SMILES string of the molecule is Cc1ccc(C(N)C(=O)NC2CCN(Cc3ccc(C(F)(F)F)cc3)C2)cc1. The molecule has 3 N–H and O–H groups in total. The number of hydrogen-bond donors (Lipinski definition) is 2. The predicted molar refractivity (Wildman–Crippen MR) is 101 cm³/mol. The second-order valence-electron chi connectivity index (χ2n) is 7.31. The van der Waals surface area contributed by atoms with E-state index < -0.39 is 17.8 Å². The van der Waals surface area contributed by atoms with E-state index in [1.54, 1.807) is 0 Å². The fourth-order valence-electron chi connectivity index (χ4n) is 3.37. The molecule has 1 heterocycles. The maximum atomic E-state index is 12.6. The largest absolute Gasteiger partial charge is 0.416 e. The van der Waals surface area contributed by atoms with Crippen molar-refractivity contribution >= 4 is 5.91 Å². The first-order valence-corrected chi connectivity index (χ1v) is 9.23. The number of rotatable bonds is 5. The Kier molecular flexibility index (Phi) is 6.05. The van der Waals surface area contributed by atoms with E-state index in [1.807, 2.05) is 31.2 Å². The third-order valence-corrected chi connectivity index (χ3v) is 5.03.